The lowest BCUT2D eigenvalue weighted by molar-refractivity contribution is 0.0562. The smallest absolute Gasteiger partial charge is 0.274 e. The number of nitrogens with zero attached hydrogens (tertiary/aromatic N) is 5. The minimum absolute atomic E-state index is 0.0890. The van der Waals surface area contributed by atoms with Gasteiger partial charge < -0.3 is 14.2 Å². The van der Waals surface area contributed by atoms with Crippen molar-refractivity contribution in [3.05, 3.63) is 35.5 Å². The number of rotatable bonds is 5. The van der Waals surface area contributed by atoms with Gasteiger partial charge in [-0.1, -0.05) is 5.16 Å². The second-order valence-corrected chi connectivity index (χ2v) is 5.24. The highest BCUT2D eigenvalue weighted by molar-refractivity contribution is 5.92. The molecular weight excluding hydrogens is 286 g/mol. The van der Waals surface area contributed by atoms with Crippen molar-refractivity contribution in [3.8, 4) is 0 Å². The predicted molar refractivity (Wildman–Crippen MR) is 75.3 cm³/mol. The molecule has 8 nitrogen and oxygen atoms in total. The highest BCUT2D eigenvalue weighted by atomic mass is 16.5. The number of likely N-dealkylation sites (tertiary alicyclic amines) is 1. The van der Waals surface area contributed by atoms with Crippen LogP contribution in [0.5, 0.6) is 0 Å². The predicted octanol–water partition coefficient (Wildman–Crippen LogP) is 0.597. The van der Waals surface area contributed by atoms with Gasteiger partial charge in [0.15, 0.2) is 5.82 Å². The number of ether oxygens (including phenoxy) is 1. The molecular formula is C14H17N5O3. The molecule has 0 atom stereocenters. The molecule has 0 radical (unpaired) electrons. The van der Waals surface area contributed by atoms with Crippen LogP contribution in [0.15, 0.2) is 16.9 Å². The molecule has 2 aromatic rings. The third kappa shape index (κ3) is 2.96. The molecule has 116 valence electrons. The Balaban J connectivity index is 1.56. The average molecular weight is 303 g/mol. The van der Waals surface area contributed by atoms with Crippen LogP contribution in [0.4, 0.5) is 0 Å². The van der Waals surface area contributed by atoms with Gasteiger partial charge in [-0.25, -0.2) is 4.98 Å². The van der Waals surface area contributed by atoms with E-state index in [1.54, 1.807) is 18.2 Å². The lowest BCUT2D eigenvalue weighted by Gasteiger charge is -2.36. The van der Waals surface area contributed by atoms with Gasteiger partial charge in [-0.05, 0) is 6.92 Å². The Morgan fingerprint density at radius 1 is 1.41 bits per heavy atom. The van der Waals surface area contributed by atoms with Gasteiger partial charge in [0, 0.05) is 32.8 Å². The molecule has 0 aromatic carbocycles. The van der Waals surface area contributed by atoms with E-state index in [4.69, 9.17) is 9.26 Å². The first-order valence-corrected chi connectivity index (χ1v) is 7.06. The Kier molecular flexibility index (Phi) is 4.10. The topological polar surface area (TPSA) is 94.2 Å². The van der Waals surface area contributed by atoms with Gasteiger partial charge in [-0.3, -0.25) is 9.78 Å². The van der Waals surface area contributed by atoms with Crippen molar-refractivity contribution < 1.29 is 14.1 Å². The van der Waals surface area contributed by atoms with E-state index in [9.17, 15) is 4.79 Å². The summed E-state index contributed by atoms with van der Waals surface area (Å²) in [6.07, 6.45) is 3.71. The van der Waals surface area contributed by atoms with Crippen LogP contribution in [0.3, 0.4) is 0 Å². The van der Waals surface area contributed by atoms with Gasteiger partial charge in [0.2, 0.25) is 5.89 Å². The fourth-order valence-electron chi connectivity index (χ4n) is 2.19. The summed E-state index contributed by atoms with van der Waals surface area (Å²) in [4.78, 5) is 26.4. The average Bonchev–Trinajstić information content (AvgIpc) is 2.92. The van der Waals surface area contributed by atoms with Gasteiger partial charge in [0.1, 0.15) is 5.69 Å². The van der Waals surface area contributed by atoms with E-state index < -0.39 is 0 Å². The van der Waals surface area contributed by atoms with Gasteiger partial charge in [0.05, 0.1) is 24.4 Å². The summed E-state index contributed by atoms with van der Waals surface area (Å²) < 4.78 is 10.2. The van der Waals surface area contributed by atoms with E-state index in [1.807, 2.05) is 6.92 Å². The molecule has 3 rings (SSSR count). The summed E-state index contributed by atoms with van der Waals surface area (Å²) in [5.41, 5.74) is 1.14. The number of hydrogen-bond donors (Lipinski definition) is 0. The molecule has 0 aliphatic carbocycles. The zero-order valence-electron chi connectivity index (χ0n) is 12.5. The summed E-state index contributed by atoms with van der Waals surface area (Å²) in [6.45, 7) is 3.50. The van der Waals surface area contributed by atoms with E-state index in [0.29, 0.717) is 43.5 Å². The van der Waals surface area contributed by atoms with Crippen molar-refractivity contribution in [2.75, 3.05) is 26.8 Å². The van der Waals surface area contributed by atoms with Gasteiger partial charge in [-0.15, -0.1) is 0 Å². The third-order valence-electron chi connectivity index (χ3n) is 3.53. The van der Waals surface area contributed by atoms with Crippen molar-refractivity contribution in [2.24, 2.45) is 0 Å². The molecule has 8 heteroatoms. The Labute approximate surface area is 127 Å². The fraction of sp³-hybridized carbons (Fsp3) is 0.500. The standard InChI is InChI=1S/C14H17N5O3/c1-9-5-16-11(6-15-9)14(20)19-7-10(8-19)13-17-12(18-22-13)3-4-21-2/h5-6,10H,3-4,7-8H2,1-2H3. The molecule has 1 amide bonds. The first-order chi connectivity index (χ1) is 10.7. The van der Waals surface area contributed by atoms with Crippen LogP contribution >= 0.6 is 0 Å². The molecule has 0 N–H and O–H groups in total. The zero-order chi connectivity index (χ0) is 15.5. The van der Waals surface area contributed by atoms with E-state index >= 15 is 0 Å². The number of aryl methyl sites for hydroxylation is 1. The molecule has 1 fully saturated rings. The molecule has 22 heavy (non-hydrogen) atoms. The summed E-state index contributed by atoms with van der Waals surface area (Å²) in [6, 6.07) is 0. The van der Waals surface area contributed by atoms with Crippen LogP contribution < -0.4 is 0 Å². The normalized spacial score (nSPS) is 14.9. The SMILES string of the molecule is COCCc1noc(C2CN(C(=O)c3cnc(C)cn3)C2)n1. The maximum Gasteiger partial charge on any atom is 0.274 e. The Bertz CT molecular complexity index is 649. The van der Waals surface area contributed by atoms with Gasteiger partial charge in [-0.2, -0.15) is 4.98 Å². The Morgan fingerprint density at radius 3 is 2.91 bits per heavy atom. The van der Waals surface area contributed by atoms with Crippen LogP contribution in [-0.4, -0.2) is 57.7 Å². The van der Waals surface area contributed by atoms with Gasteiger partial charge in [0.25, 0.3) is 5.91 Å². The number of hydrogen-bond acceptors (Lipinski definition) is 7. The number of aromatic nitrogens is 4. The van der Waals surface area contributed by atoms with E-state index in [2.05, 4.69) is 20.1 Å². The number of amides is 1. The first kappa shape index (κ1) is 14.6. The van der Waals surface area contributed by atoms with Crippen LogP contribution in [-0.2, 0) is 11.2 Å². The van der Waals surface area contributed by atoms with Crippen molar-refractivity contribution >= 4 is 5.91 Å². The van der Waals surface area contributed by atoms with E-state index in [-0.39, 0.29) is 11.8 Å². The zero-order valence-corrected chi connectivity index (χ0v) is 12.5. The fourth-order valence-corrected chi connectivity index (χ4v) is 2.19. The molecule has 2 aromatic heterocycles. The van der Waals surface area contributed by atoms with Crippen LogP contribution in [0.25, 0.3) is 0 Å². The van der Waals surface area contributed by atoms with Crippen LogP contribution in [0.1, 0.15) is 33.8 Å². The molecule has 0 spiro atoms. The quantitative estimate of drug-likeness (QED) is 0.798. The van der Waals surface area contributed by atoms with Crippen molar-refractivity contribution in [3.63, 3.8) is 0 Å². The summed E-state index contributed by atoms with van der Waals surface area (Å²) in [5, 5.41) is 3.90. The second-order valence-electron chi connectivity index (χ2n) is 5.24. The van der Waals surface area contributed by atoms with E-state index in [0.717, 1.165) is 5.69 Å². The first-order valence-electron chi connectivity index (χ1n) is 7.06. The highest BCUT2D eigenvalue weighted by Gasteiger charge is 2.36. The van der Waals surface area contributed by atoms with E-state index in [1.165, 1.54) is 6.20 Å². The third-order valence-corrected chi connectivity index (χ3v) is 3.53. The molecule has 1 saturated heterocycles. The highest BCUT2D eigenvalue weighted by Crippen LogP contribution is 2.26. The summed E-state index contributed by atoms with van der Waals surface area (Å²) in [7, 11) is 1.63. The largest absolute Gasteiger partial charge is 0.384 e. The molecule has 1 aliphatic rings. The maximum absolute atomic E-state index is 12.2. The number of carbonyl (C=O) groups is 1. The monoisotopic (exact) mass is 303 g/mol. The van der Waals surface area contributed by atoms with Crippen molar-refractivity contribution in [1.82, 2.24) is 25.0 Å². The lowest BCUT2D eigenvalue weighted by Crippen LogP contribution is -2.48. The number of carbonyl (C=O) groups excluding carboxylic acids is 1. The van der Waals surface area contributed by atoms with Crippen LogP contribution in [0, 0.1) is 6.92 Å². The van der Waals surface area contributed by atoms with Crippen molar-refractivity contribution in [1.29, 1.82) is 0 Å². The maximum atomic E-state index is 12.2. The molecule has 1 aliphatic heterocycles. The Hall–Kier alpha value is -2.35. The summed E-state index contributed by atoms with van der Waals surface area (Å²) >= 11 is 0. The van der Waals surface area contributed by atoms with Crippen molar-refractivity contribution in [2.45, 2.75) is 19.3 Å². The van der Waals surface area contributed by atoms with Crippen LogP contribution in [0.2, 0.25) is 0 Å². The second kappa shape index (κ2) is 6.18. The van der Waals surface area contributed by atoms with Gasteiger partial charge >= 0.3 is 0 Å². The number of methoxy groups -OCH3 is 1. The molecule has 0 saturated carbocycles. The minimum atomic E-state index is -0.122. The molecule has 0 bridgehead atoms. The lowest BCUT2D eigenvalue weighted by atomic mass is 10.00. The molecule has 0 unspecified atom stereocenters. The Morgan fingerprint density at radius 2 is 2.23 bits per heavy atom. The summed E-state index contributed by atoms with van der Waals surface area (Å²) in [5.74, 6) is 1.17. The molecule has 3 heterocycles. The minimum Gasteiger partial charge on any atom is -0.384 e.